The molecule has 0 fully saturated rings. The highest BCUT2D eigenvalue weighted by atomic mass is 16.6. The lowest BCUT2D eigenvalue weighted by Gasteiger charge is -2.09. The van der Waals surface area contributed by atoms with Crippen LogP contribution in [0.1, 0.15) is 21.6 Å². The number of methoxy groups -OCH3 is 1. The van der Waals surface area contributed by atoms with Crippen molar-refractivity contribution in [3.63, 3.8) is 0 Å². The average Bonchev–Trinajstić information content (AvgIpc) is 3.26. The van der Waals surface area contributed by atoms with Gasteiger partial charge in [0.05, 0.1) is 24.8 Å². The van der Waals surface area contributed by atoms with Crippen LogP contribution >= 0.6 is 0 Å². The molecule has 0 saturated heterocycles. The number of benzene rings is 2. The van der Waals surface area contributed by atoms with E-state index in [1.807, 2.05) is 0 Å². The number of nitrogens with zero attached hydrogens (tertiary/aromatic N) is 4. The van der Waals surface area contributed by atoms with Crippen molar-refractivity contribution < 1.29 is 24.0 Å². The summed E-state index contributed by atoms with van der Waals surface area (Å²) in [5.41, 5.74) is 8.99. The summed E-state index contributed by atoms with van der Waals surface area (Å²) in [6, 6.07) is 12.5. The van der Waals surface area contributed by atoms with E-state index in [0.29, 0.717) is 23.6 Å². The standard InChI is InChI=1S/C21H20N6O6/c1-32-18-7-4-15(10-19(18)33-13-20(22)28)11-23-24-21(29)17-8-9-26(25-17)12-14-2-5-16(6-3-14)27(30)31/h2-11H,12-13H2,1H3,(H2,22,28)(H,24,29)/b23-11-. The number of amides is 2. The number of nitrogens with two attached hydrogens (primary N) is 1. The molecule has 1 heterocycles. The number of carbonyl (C=O) groups excluding carboxylic acids is 2. The van der Waals surface area contributed by atoms with Crippen LogP contribution in [0.2, 0.25) is 0 Å². The molecule has 0 spiro atoms. The van der Waals surface area contributed by atoms with Gasteiger partial charge in [-0.25, -0.2) is 5.43 Å². The Balaban J connectivity index is 1.59. The fourth-order valence-corrected chi connectivity index (χ4v) is 2.74. The Hall–Kier alpha value is -4.74. The second-order valence-corrected chi connectivity index (χ2v) is 6.69. The highest BCUT2D eigenvalue weighted by Crippen LogP contribution is 2.27. The van der Waals surface area contributed by atoms with Gasteiger partial charge in [-0.2, -0.15) is 10.2 Å². The zero-order valence-electron chi connectivity index (χ0n) is 17.5. The summed E-state index contributed by atoms with van der Waals surface area (Å²) in [7, 11) is 1.46. The lowest BCUT2D eigenvalue weighted by atomic mass is 10.2. The molecular formula is C21H20N6O6. The summed E-state index contributed by atoms with van der Waals surface area (Å²) in [6.07, 6.45) is 3.01. The zero-order valence-corrected chi connectivity index (χ0v) is 17.5. The number of hydrogen-bond acceptors (Lipinski definition) is 8. The van der Waals surface area contributed by atoms with Gasteiger partial charge in [0.2, 0.25) is 0 Å². The number of hydrazone groups is 1. The number of nitro benzene ring substituents is 1. The number of aromatic nitrogens is 2. The third-order valence-corrected chi connectivity index (χ3v) is 4.30. The first kappa shape index (κ1) is 22.9. The van der Waals surface area contributed by atoms with Crippen LogP contribution in [-0.4, -0.2) is 46.4 Å². The minimum absolute atomic E-state index is 0.000515. The van der Waals surface area contributed by atoms with Crippen LogP contribution in [0.15, 0.2) is 59.8 Å². The zero-order chi connectivity index (χ0) is 23.8. The van der Waals surface area contributed by atoms with Gasteiger partial charge in [-0.15, -0.1) is 0 Å². The van der Waals surface area contributed by atoms with Crippen LogP contribution in [0.25, 0.3) is 0 Å². The lowest BCUT2D eigenvalue weighted by Crippen LogP contribution is -2.20. The third-order valence-electron chi connectivity index (χ3n) is 4.30. The molecule has 0 radical (unpaired) electrons. The predicted molar refractivity (Wildman–Crippen MR) is 117 cm³/mol. The van der Waals surface area contributed by atoms with Gasteiger partial charge in [-0.05, 0) is 35.4 Å². The van der Waals surface area contributed by atoms with E-state index in [9.17, 15) is 19.7 Å². The Morgan fingerprint density at radius 2 is 1.97 bits per heavy atom. The molecule has 12 nitrogen and oxygen atoms in total. The number of nitrogens with one attached hydrogen (secondary N) is 1. The number of carbonyl (C=O) groups is 2. The van der Waals surface area contributed by atoms with E-state index in [-0.39, 0.29) is 18.0 Å². The summed E-state index contributed by atoms with van der Waals surface area (Å²) in [5.74, 6) is -0.434. The summed E-state index contributed by atoms with van der Waals surface area (Å²) >= 11 is 0. The van der Waals surface area contributed by atoms with Gasteiger partial charge in [-0.1, -0.05) is 12.1 Å². The first-order valence-corrected chi connectivity index (χ1v) is 9.55. The molecule has 170 valence electrons. The monoisotopic (exact) mass is 452 g/mol. The normalized spacial score (nSPS) is 10.7. The molecule has 0 aliphatic heterocycles. The molecule has 3 rings (SSSR count). The lowest BCUT2D eigenvalue weighted by molar-refractivity contribution is -0.384. The highest BCUT2D eigenvalue weighted by Gasteiger charge is 2.10. The van der Waals surface area contributed by atoms with Crippen LogP contribution in [0.4, 0.5) is 5.69 Å². The van der Waals surface area contributed by atoms with Crippen molar-refractivity contribution in [3.05, 3.63) is 81.7 Å². The minimum atomic E-state index is -0.628. The molecule has 33 heavy (non-hydrogen) atoms. The molecule has 2 amide bonds. The van der Waals surface area contributed by atoms with E-state index in [0.717, 1.165) is 5.56 Å². The SMILES string of the molecule is COc1ccc(/C=N\NC(=O)c2ccn(Cc3ccc([N+](=O)[O-])cc3)n2)cc1OCC(N)=O. The summed E-state index contributed by atoms with van der Waals surface area (Å²) in [4.78, 5) is 33.5. The number of nitro groups is 1. The van der Waals surface area contributed by atoms with E-state index >= 15 is 0 Å². The van der Waals surface area contributed by atoms with E-state index < -0.39 is 16.7 Å². The van der Waals surface area contributed by atoms with Gasteiger partial charge < -0.3 is 15.2 Å². The van der Waals surface area contributed by atoms with E-state index in [2.05, 4.69) is 15.6 Å². The molecule has 3 aromatic rings. The maximum Gasteiger partial charge on any atom is 0.291 e. The van der Waals surface area contributed by atoms with Crippen LogP contribution in [0.5, 0.6) is 11.5 Å². The fraction of sp³-hybridized carbons (Fsp3) is 0.143. The topological polar surface area (TPSA) is 164 Å². The quantitative estimate of drug-likeness (QED) is 0.267. The van der Waals surface area contributed by atoms with Crippen molar-refractivity contribution in [3.8, 4) is 11.5 Å². The molecule has 3 N–H and O–H groups in total. The summed E-state index contributed by atoms with van der Waals surface area (Å²) in [6.45, 7) is 0.0324. The van der Waals surface area contributed by atoms with Crippen molar-refractivity contribution in [1.29, 1.82) is 0 Å². The largest absolute Gasteiger partial charge is 0.493 e. The maximum absolute atomic E-state index is 12.3. The Bertz CT molecular complexity index is 1190. The molecule has 2 aromatic carbocycles. The summed E-state index contributed by atoms with van der Waals surface area (Å²) in [5, 5.41) is 18.8. The van der Waals surface area contributed by atoms with Crippen LogP contribution in [0, 0.1) is 10.1 Å². The van der Waals surface area contributed by atoms with Crippen molar-refractivity contribution in [2.24, 2.45) is 10.8 Å². The van der Waals surface area contributed by atoms with Gasteiger partial charge in [0.25, 0.3) is 17.5 Å². The first-order chi connectivity index (χ1) is 15.9. The van der Waals surface area contributed by atoms with E-state index in [1.54, 1.807) is 36.5 Å². The fourth-order valence-electron chi connectivity index (χ4n) is 2.74. The minimum Gasteiger partial charge on any atom is -0.493 e. The van der Waals surface area contributed by atoms with E-state index in [4.69, 9.17) is 15.2 Å². The number of ether oxygens (including phenoxy) is 2. The Kier molecular flexibility index (Phi) is 7.32. The van der Waals surface area contributed by atoms with Crippen molar-refractivity contribution in [1.82, 2.24) is 15.2 Å². The second-order valence-electron chi connectivity index (χ2n) is 6.69. The molecular weight excluding hydrogens is 432 g/mol. The molecule has 1 aromatic heterocycles. The smallest absolute Gasteiger partial charge is 0.291 e. The van der Waals surface area contributed by atoms with Gasteiger partial charge in [-0.3, -0.25) is 24.4 Å². The van der Waals surface area contributed by atoms with Crippen LogP contribution in [-0.2, 0) is 11.3 Å². The molecule has 0 saturated carbocycles. The highest BCUT2D eigenvalue weighted by molar-refractivity contribution is 5.93. The Labute approximate surface area is 187 Å². The third kappa shape index (κ3) is 6.37. The van der Waals surface area contributed by atoms with Gasteiger partial charge >= 0.3 is 0 Å². The van der Waals surface area contributed by atoms with E-state index in [1.165, 1.54) is 36.2 Å². The number of non-ortho nitro benzene ring substituents is 1. The average molecular weight is 452 g/mol. The van der Waals surface area contributed by atoms with Gasteiger partial charge in [0.1, 0.15) is 0 Å². The Morgan fingerprint density at radius 3 is 2.64 bits per heavy atom. The summed E-state index contributed by atoms with van der Waals surface area (Å²) < 4.78 is 12.0. The Morgan fingerprint density at radius 1 is 1.21 bits per heavy atom. The molecule has 0 bridgehead atoms. The number of hydrogen-bond donors (Lipinski definition) is 2. The predicted octanol–water partition coefficient (Wildman–Crippen LogP) is 1.48. The van der Waals surface area contributed by atoms with Crippen molar-refractivity contribution >= 4 is 23.7 Å². The van der Waals surface area contributed by atoms with Crippen molar-refractivity contribution in [2.75, 3.05) is 13.7 Å². The van der Waals surface area contributed by atoms with Gasteiger partial charge in [0, 0.05) is 18.3 Å². The second kappa shape index (κ2) is 10.5. The molecule has 12 heteroatoms. The first-order valence-electron chi connectivity index (χ1n) is 9.55. The number of primary amides is 1. The molecule has 0 atom stereocenters. The van der Waals surface area contributed by atoms with Crippen LogP contribution in [0.3, 0.4) is 0 Å². The van der Waals surface area contributed by atoms with Crippen molar-refractivity contribution in [2.45, 2.75) is 6.54 Å². The number of rotatable bonds is 10. The maximum atomic E-state index is 12.3. The molecule has 0 unspecified atom stereocenters. The van der Waals surface area contributed by atoms with Crippen LogP contribution < -0.4 is 20.6 Å². The van der Waals surface area contributed by atoms with Gasteiger partial charge in [0.15, 0.2) is 23.8 Å². The molecule has 0 aliphatic carbocycles. The molecule has 0 aliphatic rings.